The number of aldehydes is 1. The van der Waals surface area contributed by atoms with Gasteiger partial charge in [0.1, 0.15) is 6.29 Å². The fourth-order valence-electron chi connectivity index (χ4n) is 1.49. The van der Waals surface area contributed by atoms with E-state index in [9.17, 15) is 4.79 Å². The number of halogens is 1. The van der Waals surface area contributed by atoms with Crippen LogP contribution in [0.25, 0.3) is 5.57 Å². The van der Waals surface area contributed by atoms with Crippen molar-refractivity contribution in [1.82, 2.24) is 0 Å². The molecule has 0 spiro atoms. The summed E-state index contributed by atoms with van der Waals surface area (Å²) in [4.78, 5) is 10.7. The van der Waals surface area contributed by atoms with Crippen LogP contribution in [-0.4, -0.2) is 6.29 Å². The van der Waals surface area contributed by atoms with E-state index in [1.54, 1.807) is 6.08 Å². The fourth-order valence-corrected chi connectivity index (χ4v) is 1.99. The number of carbonyl (C=O) groups is 1. The Kier molecular flexibility index (Phi) is 3.86. The third kappa shape index (κ3) is 3.03. The molecule has 0 unspecified atom stereocenters. The van der Waals surface area contributed by atoms with Gasteiger partial charge in [-0.15, -0.1) is 0 Å². The van der Waals surface area contributed by atoms with Crippen LogP contribution in [0.3, 0.4) is 0 Å². The molecule has 0 atom stereocenters. The van der Waals surface area contributed by atoms with E-state index in [1.165, 1.54) is 0 Å². The van der Waals surface area contributed by atoms with E-state index in [-0.39, 0.29) is 5.41 Å². The number of carbonyl (C=O) groups excluding carboxylic acids is 1. The minimum atomic E-state index is -0.0369. The zero-order valence-corrected chi connectivity index (χ0v) is 10.8. The van der Waals surface area contributed by atoms with Gasteiger partial charge < -0.3 is 0 Å². The van der Waals surface area contributed by atoms with Crippen LogP contribution in [0.1, 0.15) is 26.3 Å². The third-order valence-electron chi connectivity index (χ3n) is 2.21. The monoisotopic (exact) mass is 266 g/mol. The van der Waals surface area contributed by atoms with E-state index < -0.39 is 0 Å². The Balaban J connectivity index is 3.29. The highest BCUT2D eigenvalue weighted by Crippen LogP contribution is 2.36. The molecule has 80 valence electrons. The number of allylic oxidation sites excluding steroid dienone is 2. The Morgan fingerprint density at radius 3 is 2.33 bits per heavy atom. The maximum absolute atomic E-state index is 10.7. The highest BCUT2D eigenvalue weighted by atomic mass is 79.9. The van der Waals surface area contributed by atoms with Crippen molar-refractivity contribution in [3.8, 4) is 0 Å². The van der Waals surface area contributed by atoms with Crippen molar-refractivity contribution in [2.45, 2.75) is 20.8 Å². The summed E-state index contributed by atoms with van der Waals surface area (Å²) in [5.41, 5.74) is 2.09. The van der Waals surface area contributed by atoms with Gasteiger partial charge in [-0.25, -0.2) is 0 Å². The van der Waals surface area contributed by atoms with E-state index >= 15 is 0 Å². The van der Waals surface area contributed by atoms with E-state index in [4.69, 9.17) is 0 Å². The highest BCUT2D eigenvalue weighted by molar-refractivity contribution is 9.10. The van der Waals surface area contributed by atoms with Crippen molar-refractivity contribution in [2.75, 3.05) is 0 Å². The summed E-state index contributed by atoms with van der Waals surface area (Å²) in [6.07, 6.45) is 2.49. The lowest BCUT2D eigenvalue weighted by Crippen LogP contribution is -2.09. The molecule has 0 aliphatic rings. The molecule has 0 aliphatic carbocycles. The van der Waals surface area contributed by atoms with Crippen LogP contribution in [0.5, 0.6) is 0 Å². The van der Waals surface area contributed by atoms with Crippen LogP contribution in [-0.2, 0) is 4.79 Å². The molecule has 0 bridgehead atoms. The molecule has 1 aromatic rings. The highest BCUT2D eigenvalue weighted by Gasteiger charge is 2.19. The molecule has 1 rings (SSSR count). The number of benzene rings is 1. The van der Waals surface area contributed by atoms with Crippen molar-refractivity contribution in [2.24, 2.45) is 5.41 Å². The summed E-state index contributed by atoms with van der Waals surface area (Å²) in [6.45, 7) is 6.30. The lowest BCUT2D eigenvalue weighted by Gasteiger charge is -2.23. The number of rotatable bonds is 2. The van der Waals surface area contributed by atoms with E-state index in [0.717, 1.165) is 21.9 Å². The van der Waals surface area contributed by atoms with Crippen LogP contribution in [0.4, 0.5) is 0 Å². The van der Waals surface area contributed by atoms with Gasteiger partial charge in [0, 0.05) is 4.47 Å². The van der Waals surface area contributed by atoms with Crippen molar-refractivity contribution in [3.63, 3.8) is 0 Å². The summed E-state index contributed by atoms with van der Waals surface area (Å²) in [7, 11) is 0. The van der Waals surface area contributed by atoms with Crippen LogP contribution >= 0.6 is 15.9 Å². The smallest absolute Gasteiger partial charge is 0.143 e. The molecule has 0 amide bonds. The zero-order chi connectivity index (χ0) is 11.5. The molecule has 0 saturated carbocycles. The van der Waals surface area contributed by atoms with Gasteiger partial charge in [0.25, 0.3) is 0 Å². The molecule has 1 nitrogen and oxygen atoms in total. The minimum Gasteiger partial charge on any atom is -0.299 e. The fraction of sp³-hybridized carbons (Fsp3) is 0.308. The molecular weight excluding hydrogens is 252 g/mol. The lowest BCUT2D eigenvalue weighted by atomic mass is 9.82. The first-order valence-corrected chi connectivity index (χ1v) is 5.67. The molecule has 0 saturated heterocycles. The first-order chi connectivity index (χ1) is 6.96. The average Bonchev–Trinajstić information content (AvgIpc) is 2.14. The van der Waals surface area contributed by atoms with Crippen molar-refractivity contribution >= 4 is 27.8 Å². The topological polar surface area (TPSA) is 17.1 Å². The van der Waals surface area contributed by atoms with Gasteiger partial charge in [-0.1, -0.05) is 54.9 Å². The standard InChI is InChI=1S/C13H15BrO/c1-13(2,3)11(8-9-15)10-6-4-5-7-12(10)14/h4-9H,1-3H3/b11-8+. The summed E-state index contributed by atoms with van der Waals surface area (Å²) in [5, 5.41) is 0. The molecule has 0 fully saturated rings. The van der Waals surface area contributed by atoms with E-state index in [1.807, 2.05) is 24.3 Å². The summed E-state index contributed by atoms with van der Waals surface area (Å²) >= 11 is 3.50. The van der Waals surface area contributed by atoms with E-state index in [0.29, 0.717) is 0 Å². The quantitative estimate of drug-likeness (QED) is 0.583. The minimum absolute atomic E-state index is 0.0369. The molecule has 0 radical (unpaired) electrons. The predicted molar refractivity (Wildman–Crippen MR) is 67.6 cm³/mol. The van der Waals surface area contributed by atoms with Gasteiger partial charge in [-0.05, 0) is 28.7 Å². The lowest BCUT2D eigenvalue weighted by molar-refractivity contribution is -0.104. The molecular formula is C13H15BrO. The Hall–Kier alpha value is -0.890. The second-order valence-corrected chi connectivity index (χ2v) is 5.30. The summed E-state index contributed by atoms with van der Waals surface area (Å²) in [6, 6.07) is 7.95. The Bertz CT molecular complexity index is 386. The number of hydrogen-bond acceptors (Lipinski definition) is 1. The second kappa shape index (κ2) is 4.75. The molecule has 0 aromatic heterocycles. The first-order valence-electron chi connectivity index (χ1n) is 4.87. The third-order valence-corrected chi connectivity index (χ3v) is 2.90. The Morgan fingerprint density at radius 2 is 1.87 bits per heavy atom. The van der Waals surface area contributed by atoms with Gasteiger partial charge in [-0.3, -0.25) is 4.79 Å². The predicted octanol–water partition coefficient (Wildman–Crippen LogP) is 4.08. The van der Waals surface area contributed by atoms with Crippen molar-refractivity contribution < 1.29 is 4.79 Å². The summed E-state index contributed by atoms with van der Waals surface area (Å²) < 4.78 is 1.02. The molecule has 0 aliphatic heterocycles. The number of hydrogen-bond donors (Lipinski definition) is 0. The zero-order valence-electron chi connectivity index (χ0n) is 9.25. The molecule has 0 N–H and O–H groups in total. The van der Waals surface area contributed by atoms with Gasteiger partial charge in [0.15, 0.2) is 0 Å². The van der Waals surface area contributed by atoms with Crippen molar-refractivity contribution in [1.29, 1.82) is 0 Å². The van der Waals surface area contributed by atoms with Gasteiger partial charge in [0.2, 0.25) is 0 Å². The molecule has 2 heteroatoms. The largest absolute Gasteiger partial charge is 0.299 e. The van der Waals surface area contributed by atoms with Gasteiger partial charge in [-0.2, -0.15) is 0 Å². The van der Waals surface area contributed by atoms with Crippen LogP contribution < -0.4 is 0 Å². The molecule has 1 aromatic carbocycles. The van der Waals surface area contributed by atoms with Crippen LogP contribution in [0.15, 0.2) is 34.8 Å². The average molecular weight is 267 g/mol. The Morgan fingerprint density at radius 1 is 1.27 bits per heavy atom. The maximum atomic E-state index is 10.7. The second-order valence-electron chi connectivity index (χ2n) is 4.45. The van der Waals surface area contributed by atoms with Crippen molar-refractivity contribution in [3.05, 3.63) is 40.4 Å². The molecule has 0 heterocycles. The maximum Gasteiger partial charge on any atom is 0.143 e. The SMILES string of the molecule is CC(C)(C)/C(=C/C=O)c1ccccc1Br. The summed E-state index contributed by atoms with van der Waals surface area (Å²) in [5.74, 6) is 0. The first kappa shape index (κ1) is 12.2. The van der Waals surface area contributed by atoms with E-state index in [2.05, 4.69) is 36.7 Å². The Labute approximate surface area is 99.3 Å². The van der Waals surface area contributed by atoms with Crippen LogP contribution in [0.2, 0.25) is 0 Å². The normalized spacial score (nSPS) is 12.7. The van der Waals surface area contributed by atoms with Gasteiger partial charge >= 0.3 is 0 Å². The van der Waals surface area contributed by atoms with Crippen LogP contribution in [0, 0.1) is 5.41 Å². The van der Waals surface area contributed by atoms with Gasteiger partial charge in [0.05, 0.1) is 0 Å². The molecule has 15 heavy (non-hydrogen) atoms.